The molecule has 0 aliphatic rings. The molecule has 0 saturated carbocycles. The third-order valence-corrected chi connectivity index (χ3v) is 3.94. The summed E-state index contributed by atoms with van der Waals surface area (Å²) in [6.07, 6.45) is -1.15. The van der Waals surface area contributed by atoms with Crippen LogP contribution in [0, 0.1) is 5.92 Å². The molecule has 0 heterocycles. The number of nitrogens with zero attached hydrogens (tertiary/aromatic N) is 1. The van der Waals surface area contributed by atoms with Crippen molar-refractivity contribution in [3.63, 3.8) is 0 Å². The Morgan fingerprint density at radius 2 is 1.79 bits per heavy atom. The Balaban J connectivity index is 4.53. The molecule has 0 aromatic rings. The minimum absolute atomic E-state index is 0.123. The average molecular weight is 295 g/mol. The monoisotopic (exact) mass is 295 g/mol. The van der Waals surface area contributed by atoms with Gasteiger partial charge in [0.2, 0.25) is 0 Å². The summed E-state index contributed by atoms with van der Waals surface area (Å²) in [5.41, 5.74) is -2.13. The van der Waals surface area contributed by atoms with Gasteiger partial charge >= 0.3 is 113 Å². The zero-order chi connectivity index (χ0) is 15.1. The van der Waals surface area contributed by atoms with Gasteiger partial charge in [-0.3, -0.25) is 0 Å². The number of hydrogen-bond acceptors (Lipinski definition) is 7. The van der Waals surface area contributed by atoms with Crippen LogP contribution in [0.4, 0.5) is 0 Å². The van der Waals surface area contributed by atoms with Crippen LogP contribution in [0.5, 0.6) is 0 Å². The minimum atomic E-state index is -4.35. The van der Waals surface area contributed by atoms with Gasteiger partial charge in [0.25, 0.3) is 0 Å². The molecule has 0 aromatic heterocycles. The maximum atomic E-state index is 11.1. The van der Waals surface area contributed by atoms with Gasteiger partial charge in [0.05, 0.1) is 0 Å². The average Bonchev–Trinajstić information content (AvgIpc) is 2.35. The van der Waals surface area contributed by atoms with Gasteiger partial charge in [0, 0.05) is 0 Å². The van der Waals surface area contributed by atoms with Crippen molar-refractivity contribution in [2.45, 2.75) is 31.8 Å². The predicted molar refractivity (Wildman–Crippen MR) is 70.4 cm³/mol. The topological polar surface area (TPSA) is 115 Å². The summed E-state index contributed by atoms with van der Waals surface area (Å²) in [4.78, 5) is 1.65. The molecule has 0 fully saturated rings. The molecule has 0 saturated heterocycles. The van der Waals surface area contributed by atoms with Gasteiger partial charge in [-0.1, -0.05) is 0 Å². The fourth-order valence-electron chi connectivity index (χ4n) is 1.51. The Bertz CT molecular complexity index is 361. The fourth-order valence-corrected chi connectivity index (χ4v) is 2.14. The van der Waals surface area contributed by atoms with Gasteiger partial charge in [-0.15, -0.1) is 0 Å². The molecule has 0 rings (SSSR count). The zero-order valence-corrected chi connectivity index (χ0v) is 12.1. The second kappa shape index (κ2) is 8.75. The van der Waals surface area contributed by atoms with E-state index in [-0.39, 0.29) is 26.1 Å². The van der Waals surface area contributed by atoms with Crippen molar-refractivity contribution in [2.75, 3.05) is 26.2 Å². The number of hydrogen-bond donors (Lipinski definition) is 3. The van der Waals surface area contributed by atoms with Crippen LogP contribution in [0.25, 0.3) is 0 Å². The van der Waals surface area contributed by atoms with Gasteiger partial charge < -0.3 is 0 Å². The molecule has 7 nitrogen and oxygen atoms in total. The molecule has 0 radical (unpaired) electrons. The quantitative estimate of drug-likeness (QED) is 0.415. The van der Waals surface area contributed by atoms with Crippen molar-refractivity contribution in [3.8, 4) is 0 Å². The second-order valence-corrected chi connectivity index (χ2v) is 6.70. The van der Waals surface area contributed by atoms with E-state index in [4.69, 9.17) is 5.11 Å². The van der Waals surface area contributed by atoms with Crippen LogP contribution >= 0.6 is 0 Å². The van der Waals surface area contributed by atoms with Crippen LogP contribution in [0.3, 0.4) is 0 Å². The van der Waals surface area contributed by atoms with Crippen molar-refractivity contribution in [1.29, 1.82) is 0 Å². The molecular weight excluding hydrogens is 273 g/mol. The van der Waals surface area contributed by atoms with Crippen molar-refractivity contribution >= 4 is 16.1 Å². The normalized spacial score (nSPS) is 15.5. The Kier molecular flexibility index (Phi) is 8.59. The van der Waals surface area contributed by atoms with Crippen molar-refractivity contribution in [3.05, 3.63) is 0 Å². The summed E-state index contributed by atoms with van der Waals surface area (Å²) < 4.78 is 32.5. The summed E-state index contributed by atoms with van der Waals surface area (Å²) in [6.45, 7) is 4.59. The third kappa shape index (κ3) is 7.12. The van der Waals surface area contributed by atoms with E-state index in [0.29, 0.717) is 12.5 Å². The molecule has 0 spiro atoms. The predicted octanol–water partition coefficient (Wildman–Crippen LogP) is -1.61. The summed E-state index contributed by atoms with van der Waals surface area (Å²) >= 11 is 0. The van der Waals surface area contributed by atoms with Crippen LogP contribution in [-0.2, 0) is 14.4 Å². The van der Waals surface area contributed by atoms with Crippen LogP contribution in [0.15, 0.2) is 0 Å². The Morgan fingerprint density at radius 1 is 1.21 bits per heavy atom. The molecule has 112 valence electrons. The Labute approximate surface area is 114 Å². The molecule has 2 atom stereocenters. The van der Waals surface area contributed by atoms with E-state index in [1.165, 1.54) is 0 Å². The number of aliphatic hydroxyl groups is 3. The van der Waals surface area contributed by atoms with E-state index in [1.807, 2.05) is 13.8 Å². The third-order valence-electron chi connectivity index (χ3n) is 2.68. The Hall–Kier alpha value is -0.345. The van der Waals surface area contributed by atoms with Gasteiger partial charge in [-0.2, -0.15) is 0 Å². The molecule has 0 bridgehead atoms. The first-order valence-electron chi connectivity index (χ1n) is 6.13. The number of aliphatic hydroxyl groups excluding tert-OH is 3. The van der Waals surface area contributed by atoms with Gasteiger partial charge in [-0.25, -0.2) is 0 Å². The summed E-state index contributed by atoms with van der Waals surface area (Å²) in [5.74, 6) is 0.418. The van der Waals surface area contributed by atoms with Gasteiger partial charge in [0.15, 0.2) is 0 Å². The van der Waals surface area contributed by atoms with Gasteiger partial charge in [0.1, 0.15) is 0 Å². The SMILES string of the molecule is CC(C)CCN(CCO)CC(O)C(O)S(=O)(=O)B=O. The van der Waals surface area contributed by atoms with Crippen LogP contribution in [-0.4, -0.2) is 72.8 Å². The van der Waals surface area contributed by atoms with E-state index in [2.05, 4.69) is 0 Å². The van der Waals surface area contributed by atoms with Crippen LogP contribution in [0.1, 0.15) is 20.3 Å². The molecule has 19 heavy (non-hydrogen) atoms. The van der Waals surface area contributed by atoms with E-state index < -0.39 is 21.2 Å². The molecule has 0 amide bonds. The Morgan fingerprint density at radius 3 is 2.21 bits per heavy atom. The molecule has 0 aromatic carbocycles. The summed E-state index contributed by atoms with van der Waals surface area (Å²) in [5, 5.41) is 27.9. The van der Waals surface area contributed by atoms with Crippen molar-refractivity contribution in [2.24, 2.45) is 5.92 Å². The van der Waals surface area contributed by atoms with E-state index in [0.717, 1.165) is 6.42 Å². The molecular formula is C10H22BNO6S. The first-order valence-corrected chi connectivity index (χ1v) is 7.74. The van der Waals surface area contributed by atoms with Crippen molar-refractivity contribution in [1.82, 2.24) is 4.90 Å². The first kappa shape index (κ1) is 18.7. The summed E-state index contributed by atoms with van der Waals surface area (Å²) in [6, 6.07) is 0. The van der Waals surface area contributed by atoms with Crippen molar-refractivity contribution < 1.29 is 28.4 Å². The van der Waals surface area contributed by atoms with Crippen LogP contribution in [0.2, 0.25) is 0 Å². The van der Waals surface area contributed by atoms with E-state index in [1.54, 1.807) is 4.90 Å². The molecule has 0 aliphatic heterocycles. The van der Waals surface area contributed by atoms with E-state index in [9.17, 15) is 23.3 Å². The first-order chi connectivity index (χ1) is 8.74. The number of rotatable bonds is 10. The fraction of sp³-hybridized carbons (Fsp3) is 1.00. The molecule has 3 N–H and O–H groups in total. The second-order valence-electron chi connectivity index (χ2n) is 4.85. The standard InChI is InChI=1S/C10H22BNO6S/c1-8(2)3-4-12(5-6-13)7-9(14)10(15)19(17,18)11-16/h8-10,13-15H,3-7H2,1-2H3. The van der Waals surface area contributed by atoms with Crippen LogP contribution < -0.4 is 0 Å². The molecule has 2 unspecified atom stereocenters. The van der Waals surface area contributed by atoms with E-state index >= 15 is 0 Å². The molecule has 9 heteroatoms. The van der Waals surface area contributed by atoms with Gasteiger partial charge in [-0.05, 0) is 0 Å². The summed E-state index contributed by atoms with van der Waals surface area (Å²) in [7, 11) is -4.35. The molecule has 0 aliphatic carbocycles. The zero-order valence-electron chi connectivity index (χ0n) is 11.3. The maximum absolute atomic E-state index is 11.1.